The van der Waals surface area contributed by atoms with Crippen molar-refractivity contribution in [3.05, 3.63) is 29.8 Å². The van der Waals surface area contributed by atoms with Crippen LogP contribution in [0.1, 0.15) is 18.9 Å². The summed E-state index contributed by atoms with van der Waals surface area (Å²) in [6.45, 7) is 1.24. The fourth-order valence-electron chi connectivity index (χ4n) is 2.04. The van der Waals surface area contributed by atoms with E-state index in [1.807, 2.05) is 0 Å². The van der Waals surface area contributed by atoms with Crippen molar-refractivity contribution in [3.63, 3.8) is 0 Å². The van der Waals surface area contributed by atoms with Crippen LogP contribution in [0, 0.1) is 0 Å². The van der Waals surface area contributed by atoms with Gasteiger partial charge in [-0.1, -0.05) is 12.1 Å². The number of aliphatic carboxylic acids is 1. The molecule has 0 aliphatic heterocycles. The minimum Gasteiger partial charge on any atom is -0.508 e. The predicted octanol–water partition coefficient (Wildman–Crippen LogP) is -1.79. The average molecular weight is 366 g/mol. The molecule has 0 spiro atoms. The Morgan fingerprint density at radius 2 is 1.65 bits per heavy atom. The summed E-state index contributed by atoms with van der Waals surface area (Å²) in [5, 5.41) is 22.5. The Morgan fingerprint density at radius 1 is 1.08 bits per heavy atom. The molecule has 10 nitrogen and oxygen atoms in total. The molecule has 26 heavy (non-hydrogen) atoms. The number of carbonyl (C=O) groups excluding carboxylic acids is 3. The number of benzene rings is 1. The Kier molecular flexibility index (Phi) is 7.53. The first-order valence-corrected chi connectivity index (χ1v) is 7.75. The van der Waals surface area contributed by atoms with Gasteiger partial charge in [0.2, 0.25) is 17.7 Å². The fourth-order valence-corrected chi connectivity index (χ4v) is 2.04. The lowest BCUT2D eigenvalue weighted by atomic mass is 10.0. The lowest BCUT2D eigenvalue weighted by Gasteiger charge is -2.21. The highest BCUT2D eigenvalue weighted by Gasteiger charge is 2.27. The third-order valence-electron chi connectivity index (χ3n) is 3.50. The van der Waals surface area contributed by atoms with Gasteiger partial charge < -0.3 is 32.3 Å². The Bertz CT molecular complexity index is 676. The summed E-state index contributed by atoms with van der Waals surface area (Å²) in [7, 11) is 0. The number of carboxylic acids is 1. The van der Waals surface area contributed by atoms with E-state index in [0.717, 1.165) is 0 Å². The average Bonchev–Trinajstić information content (AvgIpc) is 2.55. The number of aromatic hydroxyl groups is 1. The summed E-state index contributed by atoms with van der Waals surface area (Å²) in [5.41, 5.74) is 11.6. The first-order chi connectivity index (χ1) is 12.1. The van der Waals surface area contributed by atoms with Crippen molar-refractivity contribution in [1.82, 2.24) is 10.6 Å². The smallest absolute Gasteiger partial charge is 0.325 e. The predicted molar refractivity (Wildman–Crippen MR) is 90.8 cm³/mol. The molecular formula is C16H22N4O6. The van der Waals surface area contributed by atoms with E-state index < -0.39 is 48.2 Å². The van der Waals surface area contributed by atoms with Crippen LogP contribution in [0.3, 0.4) is 0 Å². The number of hydrogen-bond donors (Lipinski definition) is 6. The van der Waals surface area contributed by atoms with Gasteiger partial charge in [0.1, 0.15) is 17.8 Å². The van der Waals surface area contributed by atoms with Crippen LogP contribution < -0.4 is 22.1 Å². The lowest BCUT2D eigenvalue weighted by Crippen LogP contribution is -2.55. The zero-order chi connectivity index (χ0) is 19.9. The summed E-state index contributed by atoms with van der Waals surface area (Å²) in [5.74, 6) is -3.61. The highest BCUT2D eigenvalue weighted by atomic mass is 16.4. The van der Waals surface area contributed by atoms with Gasteiger partial charge in [-0.05, 0) is 31.0 Å². The first-order valence-electron chi connectivity index (χ1n) is 7.75. The van der Waals surface area contributed by atoms with Gasteiger partial charge in [0, 0.05) is 0 Å². The van der Waals surface area contributed by atoms with Crippen LogP contribution in [-0.4, -0.2) is 52.0 Å². The fraction of sp³-hybridized carbons (Fsp3) is 0.375. The van der Waals surface area contributed by atoms with Crippen LogP contribution in [-0.2, 0) is 25.6 Å². The van der Waals surface area contributed by atoms with Crippen molar-refractivity contribution < 1.29 is 29.4 Å². The molecule has 142 valence electrons. The maximum Gasteiger partial charge on any atom is 0.325 e. The van der Waals surface area contributed by atoms with Crippen molar-refractivity contribution in [2.45, 2.75) is 37.9 Å². The van der Waals surface area contributed by atoms with E-state index in [-0.39, 0.29) is 12.2 Å². The van der Waals surface area contributed by atoms with Gasteiger partial charge in [-0.25, -0.2) is 0 Å². The number of phenols is 1. The van der Waals surface area contributed by atoms with Gasteiger partial charge in [-0.15, -0.1) is 0 Å². The van der Waals surface area contributed by atoms with E-state index in [9.17, 15) is 24.3 Å². The molecule has 0 saturated heterocycles. The minimum atomic E-state index is -1.34. The maximum absolute atomic E-state index is 12.2. The van der Waals surface area contributed by atoms with E-state index in [1.165, 1.54) is 19.1 Å². The van der Waals surface area contributed by atoms with Crippen LogP contribution in [0.4, 0.5) is 0 Å². The molecule has 0 aliphatic rings. The molecule has 0 aliphatic carbocycles. The molecular weight excluding hydrogens is 344 g/mol. The van der Waals surface area contributed by atoms with Crippen LogP contribution in [0.25, 0.3) is 0 Å². The molecule has 0 unspecified atom stereocenters. The molecule has 0 heterocycles. The molecule has 1 aromatic rings. The number of nitrogens with two attached hydrogens (primary N) is 2. The van der Waals surface area contributed by atoms with E-state index in [2.05, 4.69) is 10.6 Å². The normalized spacial score (nSPS) is 13.9. The lowest BCUT2D eigenvalue weighted by molar-refractivity contribution is -0.141. The standard InChI is InChI=1S/C16H22N4O6/c1-8(16(25)26)19-15(24)12(7-13(18)22)20-14(23)11(17)6-9-2-4-10(21)5-3-9/h2-5,8,11-12,21H,6-7,17H2,1H3,(H2,18,22)(H,19,24)(H,20,23)(H,25,26)/t8-,11-,12-/m0/s1. The minimum absolute atomic E-state index is 0.0671. The Morgan fingerprint density at radius 3 is 2.15 bits per heavy atom. The molecule has 0 saturated carbocycles. The van der Waals surface area contributed by atoms with Crippen molar-refractivity contribution in [2.24, 2.45) is 11.5 Å². The third kappa shape index (κ3) is 6.77. The Labute approximate surface area is 149 Å². The van der Waals surface area contributed by atoms with Gasteiger partial charge in [0.05, 0.1) is 12.5 Å². The van der Waals surface area contributed by atoms with Gasteiger partial charge in [-0.3, -0.25) is 19.2 Å². The van der Waals surface area contributed by atoms with Crippen LogP contribution >= 0.6 is 0 Å². The van der Waals surface area contributed by atoms with Gasteiger partial charge in [0.15, 0.2) is 0 Å². The van der Waals surface area contributed by atoms with Crippen molar-refractivity contribution >= 4 is 23.7 Å². The van der Waals surface area contributed by atoms with Crippen molar-refractivity contribution in [1.29, 1.82) is 0 Å². The Hall–Kier alpha value is -3.14. The summed E-state index contributed by atoms with van der Waals surface area (Å²) < 4.78 is 0. The molecule has 0 radical (unpaired) electrons. The monoisotopic (exact) mass is 366 g/mol. The van der Waals surface area contributed by atoms with Crippen LogP contribution in [0.5, 0.6) is 5.75 Å². The number of rotatable bonds is 9. The van der Waals surface area contributed by atoms with E-state index in [4.69, 9.17) is 16.6 Å². The second-order valence-electron chi connectivity index (χ2n) is 5.78. The third-order valence-corrected chi connectivity index (χ3v) is 3.50. The zero-order valence-corrected chi connectivity index (χ0v) is 14.1. The largest absolute Gasteiger partial charge is 0.508 e. The number of hydrogen-bond acceptors (Lipinski definition) is 6. The van der Waals surface area contributed by atoms with Gasteiger partial charge in [-0.2, -0.15) is 0 Å². The van der Waals surface area contributed by atoms with Crippen molar-refractivity contribution in [2.75, 3.05) is 0 Å². The molecule has 10 heteroatoms. The summed E-state index contributed by atoms with van der Waals surface area (Å²) >= 11 is 0. The molecule has 3 amide bonds. The molecule has 0 bridgehead atoms. The molecule has 8 N–H and O–H groups in total. The summed E-state index contributed by atoms with van der Waals surface area (Å²) in [6.07, 6.45) is -0.377. The second-order valence-corrected chi connectivity index (χ2v) is 5.78. The number of nitrogens with one attached hydrogen (secondary N) is 2. The van der Waals surface area contributed by atoms with Crippen molar-refractivity contribution in [3.8, 4) is 5.75 Å². The molecule has 0 fully saturated rings. The number of carbonyl (C=O) groups is 4. The molecule has 3 atom stereocenters. The molecule has 0 aromatic heterocycles. The first kappa shape index (κ1) is 20.9. The summed E-state index contributed by atoms with van der Waals surface area (Å²) in [4.78, 5) is 46.2. The van der Waals surface area contributed by atoms with E-state index >= 15 is 0 Å². The summed E-state index contributed by atoms with van der Waals surface area (Å²) in [6, 6.07) is 2.48. The quantitative estimate of drug-likeness (QED) is 0.298. The molecule has 1 aromatic carbocycles. The van der Waals surface area contributed by atoms with E-state index in [1.54, 1.807) is 12.1 Å². The highest BCUT2D eigenvalue weighted by molar-refractivity contribution is 5.94. The topological polar surface area (TPSA) is 185 Å². The number of primary amides is 1. The number of phenolic OH excluding ortho intramolecular Hbond substituents is 1. The molecule has 1 rings (SSSR count). The highest BCUT2D eigenvalue weighted by Crippen LogP contribution is 2.11. The Balaban J connectivity index is 2.74. The second kappa shape index (κ2) is 9.37. The van der Waals surface area contributed by atoms with Crippen LogP contribution in [0.2, 0.25) is 0 Å². The van der Waals surface area contributed by atoms with Gasteiger partial charge in [0.25, 0.3) is 0 Å². The SMILES string of the molecule is C[C@H](NC(=O)[C@H](CC(N)=O)NC(=O)[C@@H](N)Cc1ccc(O)cc1)C(=O)O. The van der Waals surface area contributed by atoms with Gasteiger partial charge >= 0.3 is 5.97 Å². The van der Waals surface area contributed by atoms with E-state index in [0.29, 0.717) is 5.56 Å². The zero-order valence-electron chi connectivity index (χ0n) is 14.1. The number of carboxylic acid groups (broad SMARTS) is 1. The van der Waals surface area contributed by atoms with Crippen LogP contribution in [0.15, 0.2) is 24.3 Å². The number of amides is 3. The maximum atomic E-state index is 12.2.